The number of benzene rings is 2. The highest BCUT2D eigenvalue weighted by Crippen LogP contribution is 2.28. The van der Waals surface area contributed by atoms with Crippen molar-refractivity contribution in [1.82, 2.24) is 4.90 Å². The van der Waals surface area contributed by atoms with E-state index in [1.807, 2.05) is 31.2 Å². The van der Waals surface area contributed by atoms with Crippen LogP contribution in [0.3, 0.4) is 0 Å². The van der Waals surface area contributed by atoms with Gasteiger partial charge in [-0.2, -0.15) is 0 Å². The Kier molecular flexibility index (Phi) is 7.51. The fraction of sp³-hybridized carbons (Fsp3) is 0.300. The summed E-state index contributed by atoms with van der Waals surface area (Å²) in [5.74, 6) is -0.643. The largest absolute Gasteiger partial charge is 0.477 e. The summed E-state index contributed by atoms with van der Waals surface area (Å²) in [6.07, 6.45) is -0.918. The van der Waals surface area contributed by atoms with E-state index in [4.69, 9.17) is 32.7 Å². The molecule has 0 N–H and O–H groups in total. The van der Waals surface area contributed by atoms with Crippen LogP contribution in [0.25, 0.3) is 0 Å². The predicted molar refractivity (Wildman–Crippen MR) is 105 cm³/mol. The first-order valence-corrected chi connectivity index (χ1v) is 9.10. The molecule has 0 aromatic heterocycles. The molecule has 144 valence electrons. The Morgan fingerprint density at radius 3 is 2.52 bits per heavy atom. The molecule has 0 fully saturated rings. The second kappa shape index (κ2) is 9.62. The zero-order valence-corrected chi connectivity index (χ0v) is 16.9. The highest BCUT2D eigenvalue weighted by atomic mass is 35.5. The van der Waals surface area contributed by atoms with Crippen molar-refractivity contribution in [3.05, 3.63) is 63.6 Å². The first kappa shape index (κ1) is 21.1. The summed E-state index contributed by atoms with van der Waals surface area (Å²) >= 11 is 11.8. The first-order valence-electron chi connectivity index (χ1n) is 8.34. The van der Waals surface area contributed by atoms with Crippen LogP contribution < -0.4 is 4.74 Å². The third kappa shape index (κ3) is 6.15. The average Bonchev–Trinajstić information content (AvgIpc) is 2.63. The van der Waals surface area contributed by atoms with Crippen LogP contribution >= 0.6 is 23.2 Å². The molecule has 0 aliphatic carbocycles. The smallest absolute Gasteiger partial charge is 0.347 e. The quantitative estimate of drug-likeness (QED) is 0.640. The van der Waals surface area contributed by atoms with Gasteiger partial charge in [-0.05, 0) is 43.2 Å². The van der Waals surface area contributed by atoms with E-state index in [2.05, 4.69) is 0 Å². The van der Waals surface area contributed by atoms with Crippen molar-refractivity contribution in [2.24, 2.45) is 0 Å². The summed E-state index contributed by atoms with van der Waals surface area (Å²) in [5, 5.41) is 0.751. The molecule has 0 bridgehead atoms. The van der Waals surface area contributed by atoms with E-state index in [0.717, 1.165) is 11.1 Å². The summed E-state index contributed by atoms with van der Waals surface area (Å²) in [5.41, 5.74) is 2.13. The number of nitrogens with zero attached hydrogens (tertiary/aromatic N) is 1. The number of esters is 1. The van der Waals surface area contributed by atoms with Crippen LogP contribution in [-0.4, -0.2) is 36.5 Å². The van der Waals surface area contributed by atoms with Gasteiger partial charge >= 0.3 is 5.97 Å². The molecule has 0 unspecified atom stereocenters. The number of carbonyl (C=O) groups excluding carboxylic acids is 2. The molecule has 1 atom stereocenters. The summed E-state index contributed by atoms with van der Waals surface area (Å²) in [6.45, 7) is 3.59. The van der Waals surface area contributed by atoms with E-state index in [9.17, 15) is 9.59 Å². The van der Waals surface area contributed by atoms with Gasteiger partial charge in [-0.25, -0.2) is 4.79 Å². The number of halogens is 2. The maximum absolute atomic E-state index is 12.2. The van der Waals surface area contributed by atoms with Gasteiger partial charge in [0, 0.05) is 18.6 Å². The molecule has 0 aliphatic rings. The normalized spacial score (nSPS) is 11.6. The maximum atomic E-state index is 12.2. The summed E-state index contributed by atoms with van der Waals surface area (Å²) in [4.78, 5) is 25.8. The molecule has 2 aromatic rings. The summed E-state index contributed by atoms with van der Waals surface area (Å²) in [7, 11) is 1.66. The van der Waals surface area contributed by atoms with Gasteiger partial charge in [0.15, 0.2) is 12.7 Å². The second-order valence-corrected chi connectivity index (χ2v) is 6.96. The molecule has 0 saturated heterocycles. The summed E-state index contributed by atoms with van der Waals surface area (Å²) < 4.78 is 10.5. The lowest BCUT2D eigenvalue weighted by Crippen LogP contribution is -2.34. The number of hydrogen-bond acceptors (Lipinski definition) is 4. The number of likely N-dealkylation sites (N-methyl/N-ethyl adjacent to an activating group) is 1. The van der Waals surface area contributed by atoms with Crippen LogP contribution in [0.1, 0.15) is 18.1 Å². The van der Waals surface area contributed by atoms with Gasteiger partial charge in [0.05, 0.1) is 5.02 Å². The van der Waals surface area contributed by atoms with Crippen molar-refractivity contribution >= 4 is 35.1 Å². The van der Waals surface area contributed by atoms with Crippen LogP contribution in [0.15, 0.2) is 42.5 Å². The van der Waals surface area contributed by atoms with E-state index >= 15 is 0 Å². The Labute approximate surface area is 168 Å². The van der Waals surface area contributed by atoms with E-state index in [0.29, 0.717) is 17.3 Å². The molecule has 0 radical (unpaired) electrons. The topological polar surface area (TPSA) is 55.8 Å². The van der Waals surface area contributed by atoms with Crippen LogP contribution in [0, 0.1) is 6.92 Å². The lowest BCUT2D eigenvalue weighted by Gasteiger charge is -2.19. The number of ether oxygens (including phenoxy) is 2. The van der Waals surface area contributed by atoms with E-state index in [-0.39, 0.29) is 17.5 Å². The van der Waals surface area contributed by atoms with Gasteiger partial charge in [-0.15, -0.1) is 0 Å². The van der Waals surface area contributed by atoms with Crippen molar-refractivity contribution in [2.75, 3.05) is 13.7 Å². The van der Waals surface area contributed by atoms with Crippen LogP contribution in [0.2, 0.25) is 10.0 Å². The Balaban J connectivity index is 1.84. The SMILES string of the molecule is Cc1ccccc1CN(C)C(=O)COC(=O)[C@@H](C)Oc1ccc(Cl)cc1Cl. The van der Waals surface area contributed by atoms with Gasteiger partial charge in [-0.3, -0.25) is 4.79 Å². The maximum Gasteiger partial charge on any atom is 0.347 e. The third-order valence-electron chi connectivity index (χ3n) is 3.96. The van der Waals surface area contributed by atoms with Crippen LogP contribution in [-0.2, 0) is 20.9 Å². The van der Waals surface area contributed by atoms with Crippen molar-refractivity contribution in [2.45, 2.75) is 26.5 Å². The van der Waals surface area contributed by atoms with Crippen molar-refractivity contribution in [3.8, 4) is 5.75 Å². The number of rotatable bonds is 7. The lowest BCUT2D eigenvalue weighted by atomic mass is 10.1. The standard InChI is InChI=1S/C20H21Cl2NO4/c1-13-6-4-5-7-15(13)11-23(3)19(24)12-26-20(25)14(2)27-18-9-8-16(21)10-17(18)22/h4-10,14H,11-12H2,1-3H3/t14-/m1/s1. The third-order valence-corrected chi connectivity index (χ3v) is 4.49. The van der Waals surface area contributed by atoms with Crippen LogP contribution in [0.5, 0.6) is 5.75 Å². The minimum atomic E-state index is -0.918. The fourth-order valence-corrected chi connectivity index (χ4v) is 2.75. The Hall–Kier alpha value is -2.24. The first-order chi connectivity index (χ1) is 12.8. The number of aryl methyl sites for hydroxylation is 1. The Morgan fingerprint density at radius 1 is 1.15 bits per heavy atom. The molecule has 2 rings (SSSR count). The molecule has 0 aliphatic heterocycles. The van der Waals surface area contributed by atoms with E-state index in [1.165, 1.54) is 17.9 Å². The van der Waals surface area contributed by atoms with Gasteiger partial charge in [0.2, 0.25) is 0 Å². The van der Waals surface area contributed by atoms with Crippen molar-refractivity contribution in [3.63, 3.8) is 0 Å². The van der Waals surface area contributed by atoms with Crippen LogP contribution in [0.4, 0.5) is 0 Å². The van der Waals surface area contributed by atoms with E-state index in [1.54, 1.807) is 19.2 Å². The van der Waals surface area contributed by atoms with Crippen molar-refractivity contribution in [1.29, 1.82) is 0 Å². The molecule has 7 heteroatoms. The number of hydrogen-bond donors (Lipinski definition) is 0. The lowest BCUT2D eigenvalue weighted by molar-refractivity contribution is -0.157. The molecule has 27 heavy (non-hydrogen) atoms. The highest BCUT2D eigenvalue weighted by Gasteiger charge is 2.20. The molecule has 1 amide bonds. The Bertz CT molecular complexity index is 825. The number of amides is 1. The van der Waals surface area contributed by atoms with E-state index < -0.39 is 12.1 Å². The van der Waals surface area contributed by atoms with Gasteiger partial charge in [-0.1, -0.05) is 47.5 Å². The Morgan fingerprint density at radius 2 is 1.85 bits per heavy atom. The van der Waals surface area contributed by atoms with Gasteiger partial charge < -0.3 is 14.4 Å². The average molecular weight is 410 g/mol. The monoisotopic (exact) mass is 409 g/mol. The molecular weight excluding hydrogens is 389 g/mol. The minimum Gasteiger partial charge on any atom is -0.477 e. The molecule has 5 nitrogen and oxygen atoms in total. The predicted octanol–water partition coefficient (Wildman–Crippen LogP) is 4.27. The number of carbonyl (C=O) groups is 2. The summed E-state index contributed by atoms with van der Waals surface area (Å²) in [6, 6.07) is 12.5. The van der Waals surface area contributed by atoms with Gasteiger partial charge in [0.25, 0.3) is 5.91 Å². The molecule has 2 aromatic carbocycles. The molecular formula is C20H21Cl2NO4. The fourth-order valence-electron chi connectivity index (χ4n) is 2.30. The molecule has 0 heterocycles. The second-order valence-electron chi connectivity index (χ2n) is 6.12. The molecule has 0 spiro atoms. The zero-order chi connectivity index (χ0) is 20.0. The zero-order valence-electron chi connectivity index (χ0n) is 15.4. The van der Waals surface area contributed by atoms with Crippen molar-refractivity contribution < 1.29 is 19.1 Å². The highest BCUT2D eigenvalue weighted by molar-refractivity contribution is 6.35. The van der Waals surface area contributed by atoms with Gasteiger partial charge in [0.1, 0.15) is 5.75 Å². The minimum absolute atomic E-state index is 0.288. The molecule has 0 saturated carbocycles.